The lowest BCUT2D eigenvalue weighted by molar-refractivity contribution is -0.870. The quantitative estimate of drug-likeness (QED) is 0.0178. The number of esters is 2. The minimum Gasteiger partial charge on any atom is -0.462 e. The summed E-state index contributed by atoms with van der Waals surface area (Å²) in [6.45, 7) is 3.97. The van der Waals surface area contributed by atoms with E-state index in [-0.39, 0.29) is 44.2 Å². The van der Waals surface area contributed by atoms with Gasteiger partial charge in [0, 0.05) is 31.1 Å². The van der Waals surface area contributed by atoms with Crippen LogP contribution in [0.5, 0.6) is 0 Å². The summed E-state index contributed by atoms with van der Waals surface area (Å²) in [4.78, 5) is 48.1. The minimum atomic E-state index is -4.45. The van der Waals surface area contributed by atoms with E-state index in [1.807, 2.05) is 33.3 Å². The minimum absolute atomic E-state index is 0.0142. The van der Waals surface area contributed by atoms with E-state index in [1.165, 1.54) is 38.5 Å². The number of phosphoric ester groups is 1. The summed E-state index contributed by atoms with van der Waals surface area (Å²) in [5.41, 5.74) is 0. The summed E-state index contributed by atoms with van der Waals surface area (Å²) in [6, 6.07) is 0. The van der Waals surface area contributed by atoms with Crippen molar-refractivity contribution < 1.29 is 57.1 Å². The molecule has 6 atom stereocenters. The fraction of sp³-hybridized carbons (Fsp3) is 0.771. The Morgan fingerprint density at radius 2 is 1.36 bits per heavy atom. The van der Waals surface area contributed by atoms with E-state index in [0.717, 1.165) is 57.8 Å². The van der Waals surface area contributed by atoms with Crippen molar-refractivity contribution in [3.8, 4) is 0 Å². The standard InChI is InChI=1S/C48H84NO11P/c1-6-8-10-11-12-13-14-15-16-17-18-19-20-21-22-23-29-33-48(54)60-42(40-59-61(55,56)58-37-36-49(3,4)5)39-57-47(53)32-28-25-24-27-31-43-44(46(52)38-45(43)51)35-34-41(50)30-26-9-7-2/h12-13,15-16,24,27,34-35,41-45,50-51H,6-11,14,17-23,25-26,28-33,36-40H2,1-5H3/p+1/b13-12-,16-15-,27-24-,35-34+/t41-,42+,43+,44+,45-/m0/s1. The number of hydrogen-bond donors (Lipinski definition) is 3. The van der Waals surface area contributed by atoms with Crippen LogP contribution in [0.2, 0.25) is 0 Å². The lowest BCUT2D eigenvalue weighted by Crippen LogP contribution is -2.37. The predicted molar refractivity (Wildman–Crippen MR) is 244 cm³/mol. The molecule has 0 aromatic heterocycles. The molecule has 0 aromatic carbocycles. The van der Waals surface area contributed by atoms with E-state index in [1.54, 1.807) is 12.2 Å². The number of hydrogen-bond acceptors (Lipinski definition) is 10. The lowest BCUT2D eigenvalue weighted by Gasteiger charge is -2.24. The number of carbonyl (C=O) groups is 3. The van der Waals surface area contributed by atoms with Crippen molar-refractivity contribution in [2.45, 2.75) is 180 Å². The fourth-order valence-electron chi connectivity index (χ4n) is 6.91. The molecule has 0 spiro atoms. The molecule has 1 rings (SSSR count). The maximum absolute atomic E-state index is 12.8. The second-order valence-electron chi connectivity index (χ2n) is 17.6. The van der Waals surface area contributed by atoms with Crippen LogP contribution in [0, 0.1) is 11.8 Å². The molecular weight excluding hydrogens is 797 g/mol. The number of nitrogens with zero attached hydrogens (tertiary/aromatic N) is 1. The van der Waals surface area contributed by atoms with Crippen molar-refractivity contribution in [1.29, 1.82) is 0 Å². The number of carbonyl (C=O) groups excluding carboxylic acids is 3. The van der Waals surface area contributed by atoms with Gasteiger partial charge in [0.15, 0.2) is 6.10 Å². The Bertz CT molecular complexity index is 1340. The van der Waals surface area contributed by atoms with Crippen LogP contribution in [0.25, 0.3) is 0 Å². The number of quaternary nitrogens is 1. The highest BCUT2D eigenvalue weighted by molar-refractivity contribution is 7.47. The van der Waals surface area contributed by atoms with Gasteiger partial charge in [-0.25, -0.2) is 4.57 Å². The molecule has 352 valence electrons. The molecular formula is C48H85NO11P+. The van der Waals surface area contributed by atoms with Crippen LogP contribution in [-0.4, -0.2) is 103 Å². The second kappa shape index (κ2) is 35.0. The first-order chi connectivity index (χ1) is 29.2. The molecule has 61 heavy (non-hydrogen) atoms. The molecule has 1 fully saturated rings. The number of ether oxygens (including phenoxy) is 2. The predicted octanol–water partition coefficient (Wildman–Crippen LogP) is 10.1. The largest absolute Gasteiger partial charge is 0.472 e. The molecule has 1 aliphatic carbocycles. The van der Waals surface area contributed by atoms with Gasteiger partial charge in [0.2, 0.25) is 0 Å². The van der Waals surface area contributed by atoms with Gasteiger partial charge in [0.1, 0.15) is 25.5 Å². The highest BCUT2D eigenvalue weighted by atomic mass is 31.2. The third kappa shape index (κ3) is 32.0. The number of aliphatic hydroxyl groups excluding tert-OH is 2. The van der Waals surface area contributed by atoms with Crippen LogP contribution in [0.3, 0.4) is 0 Å². The summed E-state index contributed by atoms with van der Waals surface area (Å²) in [5, 5.41) is 20.8. The average molecular weight is 883 g/mol. The van der Waals surface area contributed by atoms with E-state index in [2.05, 4.69) is 38.2 Å². The SMILES string of the molecule is CCCCC/C=C\C/C=C\CCCCCCCCCC(=O)O[C@H](COC(=O)CCC/C=C\C[C@H]1[C@@H](O)CC(=O)[C@@H]1/C=C/[C@@H](O)CCCCC)COP(=O)(O)OCC[N+](C)(C)C. The molecule has 0 aliphatic heterocycles. The molecule has 0 heterocycles. The highest BCUT2D eigenvalue weighted by Gasteiger charge is 2.39. The van der Waals surface area contributed by atoms with Gasteiger partial charge >= 0.3 is 19.8 Å². The number of aliphatic hydroxyl groups is 2. The van der Waals surface area contributed by atoms with Crippen molar-refractivity contribution in [2.75, 3.05) is 47.5 Å². The van der Waals surface area contributed by atoms with E-state index in [9.17, 15) is 34.1 Å². The van der Waals surface area contributed by atoms with Crippen molar-refractivity contribution in [3.05, 3.63) is 48.6 Å². The first-order valence-corrected chi connectivity index (χ1v) is 25.0. The Morgan fingerprint density at radius 1 is 0.770 bits per heavy atom. The number of ketones is 1. The summed E-state index contributed by atoms with van der Waals surface area (Å²) < 4.78 is 34.3. The number of allylic oxidation sites excluding steroid dienone is 7. The zero-order valence-electron chi connectivity index (χ0n) is 38.6. The molecule has 1 aliphatic rings. The number of likely N-dealkylation sites (N-methyl/N-ethyl adjacent to an activating group) is 1. The first-order valence-electron chi connectivity index (χ1n) is 23.5. The summed E-state index contributed by atoms with van der Waals surface area (Å²) in [5.74, 6) is -1.74. The molecule has 1 saturated carbocycles. The average Bonchev–Trinajstić information content (AvgIpc) is 3.47. The number of unbranched alkanes of at least 4 members (excludes halogenated alkanes) is 13. The molecule has 0 saturated heterocycles. The first kappa shape index (κ1) is 56.6. The molecule has 0 bridgehead atoms. The zero-order chi connectivity index (χ0) is 45.2. The van der Waals surface area contributed by atoms with Crippen LogP contribution in [0.1, 0.15) is 162 Å². The molecule has 13 heteroatoms. The molecule has 0 radical (unpaired) electrons. The topological polar surface area (TPSA) is 166 Å². The Balaban J connectivity index is 2.48. The molecule has 1 unspecified atom stereocenters. The van der Waals surface area contributed by atoms with E-state index >= 15 is 0 Å². The van der Waals surface area contributed by atoms with Gasteiger partial charge in [0.25, 0.3) is 0 Å². The van der Waals surface area contributed by atoms with Crippen LogP contribution >= 0.6 is 7.82 Å². The van der Waals surface area contributed by atoms with Gasteiger partial charge in [-0.2, -0.15) is 0 Å². The van der Waals surface area contributed by atoms with Gasteiger partial charge in [0.05, 0.1) is 40.0 Å². The van der Waals surface area contributed by atoms with Crippen LogP contribution in [-0.2, 0) is 37.5 Å². The third-order valence-electron chi connectivity index (χ3n) is 10.7. The number of Topliss-reactive ketones (excluding diaryl/α,β-unsaturated/α-hetero) is 1. The van der Waals surface area contributed by atoms with Crippen LogP contribution < -0.4 is 0 Å². The Hall–Kier alpha value is -2.44. The van der Waals surface area contributed by atoms with Crippen molar-refractivity contribution >= 4 is 25.5 Å². The Labute approximate surface area is 369 Å². The van der Waals surface area contributed by atoms with E-state index in [0.29, 0.717) is 43.1 Å². The van der Waals surface area contributed by atoms with Gasteiger partial charge in [-0.3, -0.25) is 23.4 Å². The Morgan fingerprint density at radius 3 is 2.03 bits per heavy atom. The Kier molecular flexibility index (Phi) is 32.4. The van der Waals surface area contributed by atoms with Crippen molar-refractivity contribution in [1.82, 2.24) is 0 Å². The molecule has 0 amide bonds. The smallest absolute Gasteiger partial charge is 0.462 e. The van der Waals surface area contributed by atoms with E-state index < -0.39 is 50.6 Å². The summed E-state index contributed by atoms with van der Waals surface area (Å²) in [7, 11) is 1.32. The van der Waals surface area contributed by atoms with Gasteiger partial charge in [-0.05, 0) is 64.2 Å². The highest BCUT2D eigenvalue weighted by Crippen LogP contribution is 2.43. The van der Waals surface area contributed by atoms with Crippen LogP contribution in [0.4, 0.5) is 0 Å². The van der Waals surface area contributed by atoms with E-state index in [4.69, 9.17) is 18.5 Å². The lowest BCUT2D eigenvalue weighted by atomic mass is 9.90. The van der Waals surface area contributed by atoms with Gasteiger partial charge in [-0.1, -0.05) is 127 Å². The molecule has 3 N–H and O–H groups in total. The van der Waals surface area contributed by atoms with Crippen LogP contribution in [0.15, 0.2) is 48.6 Å². The van der Waals surface area contributed by atoms with Gasteiger partial charge < -0.3 is 29.1 Å². The van der Waals surface area contributed by atoms with Gasteiger partial charge in [-0.15, -0.1) is 0 Å². The maximum Gasteiger partial charge on any atom is 0.472 e. The summed E-state index contributed by atoms with van der Waals surface area (Å²) >= 11 is 0. The fourth-order valence-corrected chi connectivity index (χ4v) is 7.65. The van der Waals surface area contributed by atoms with Crippen molar-refractivity contribution in [3.63, 3.8) is 0 Å². The monoisotopic (exact) mass is 883 g/mol. The number of rotatable bonds is 38. The third-order valence-corrected chi connectivity index (χ3v) is 11.7. The van der Waals surface area contributed by atoms with Crippen molar-refractivity contribution in [2.24, 2.45) is 11.8 Å². The molecule has 0 aromatic rings. The second-order valence-corrected chi connectivity index (χ2v) is 19.0. The summed E-state index contributed by atoms with van der Waals surface area (Å²) in [6.07, 6.45) is 33.8. The zero-order valence-corrected chi connectivity index (χ0v) is 39.5. The number of phosphoric acid groups is 1. The normalized spacial score (nSPS) is 19.4. The maximum atomic E-state index is 12.8. The molecule has 12 nitrogen and oxygen atoms in total.